The second-order valence-electron chi connectivity index (χ2n) is 5.61. The molecular weight excluding hydrogens is 224 g/mol. The summed E-state index contributed by atoms with van der Waals surface area (Å²) in [5, 5.41) is 0. The van der Waals surface area contributed by atoms with Crippen molar-refractivity contribution in [3.63, 3.8) is 0 Å². The third-order valence-corrected chi connectivity index (χ3v) is 4.32. The van der Waals surface area contributed by atoms with Gasteiger partial charge in [-0.2, -0.15) is 0 Å². The van der Waals surface area contributed by atoms with E-state index in [2.05, 4.69) is 12.1 Å². The minimum Gasteiger partial charge on any atom is -0.299 e. The van der Waals surface area contributed by atoms with Crippen LogP contribution in [0, 0.1) is 18.3 Å². The van der Waals surface area contributed by atoms with Crippen molar-refractivity contribution in [3.05, 3.63) is 41.5 Å². The summed E-state index contributed by atoms with van der Waals surface area (Å²) < 4.78 is 0. The number of hydrogen-bond acceptors (Lipinski definition) is 2. The van der Waals surface area contributed by atoms with Crippen molar-refractivity contribution in [1.82, 2.24) is 0 Å². The molecule has 2 nitrogen and oxygen atoms in total. The molecule has 2 aliphatic carbocycles. The van der Waals surface area contributed by atoms with Gasteiger partial charge in [0.25, 0.3) is 0 Å². The van der Waals surface area contributed by atoms with Crippen LogP contribution < -0.4 is 0 Å². The molecule has 1 fully saturated rings. The van der Waals surface area contributed by atoms with Gasteiger partial charge in [0.15, 0.2) is 5.78 Å². The van der Waals surface area contributed by atoms with E-state index in [0.717, 1.165) is 11.1 Å². The van der Waals surface area contributed by atoms with Crippen LogP contribution in [0.2, 0.25) is 0 Å². The zero-order valence-electron chi connectivity index (χ0n) is 10.7. The van der Waals surface area contributed by atoms with Gasteiger partial charge in [0.1, 0.15) is 5.78 Å². The van der Waals surface area contributed by atoms with Crippen LogP contribution in [0.5, 0.6) is 0 Å². The largest absolute Gasteiger partial charge is 0.299 e. The third-order valence-electron chi connectivity index (χ3n) is 4.32. The first-order chi connectivity index (χ1) is 8.52. The number of Topliss-reactive ketones (excluding diaryl/α,β-unsaturated/α-hetero) is 2. The molecular formula is C16H16O2. The van der Waals surface area contributed by atoms with E-state index >= 15 is 0 Å². The van der Waals surface area contributed by atoms with Crippen LogP contribution in [0.15, 0.2) is 30.3 Å². The highest BCUT2D eigenvalue weighted by Gasteiger charge is 2.53. The van der Waals surface area contributed by atoms with Crippen LogP contribution in [-0.2, 0) is 9.59 Å². The predicted octanol–water partition coefficient (Wildman–Crippen LogP) is 2.95. The molecule has 0 saturated heterocycles. The first kappa shape index (κ1) is 11.4. The van der Waals surface area contributed by atoms with Crippen LogP contribution >= 0.6 is 0 Å². The molecule has 2 bridgehead atoms. The summed E-state index contributed by atoms with van der Waals surface area (Å²) in [6, 6.07) is 8.15. The maximum absolute atomic E-state index is 12.3. The molecule has 0 amide bonds. The average molecular weight is 240 g/mol. The van der Waals surface area contributed by atoms with Crippen molar-refractivity contribution >= 4 is 17.1 Å². The van der Waals surface area contributed by atoms with Gasteiger partial charge in [-0.1, -0.05) is 35.9 Å². The lowest BCUT2D eigenvalue weighted by Crippen LogP contribution is -2.32. The van der Waals surface area contributed by atoms with Gasteiger partial charge in [0, 0.05) is 6.42 Å². The van der Waals surface area contributed by atoms with Gasteiger partial charge in [-0.25, -0.2) is 0 Å². The van der Waals surface area contributed by atoms with E-state index in [9.17, 15) is 9.59 Å². The zero-order valence-corrected chi connectivity index (χ0v) is 10.7. The highest BCUT2D eigenvalue weighted by molar-refractivity contribution is 6.19. The van der Waals surface area contributed by atoms with Crippen LogP contribution in [0.4, 0.5) is 0 Å². The molecule has 0 spiro atoms. The molecule has 1 aromatic rings. The predicted molar refractivity (Wildman–Crippen MR) is 70.0 cm³/mol. The molecule has 0 aromatic heterocycles. The highest BCUT2D eigenvalue weighted by Crippen LogP contribution is 2.48. The second kappa shape index (κ2) is 3.64. The number of fused-ring (bicyclic) bond motifs is 2. The summed E-state index contributed by atoms with van der Waals surface area (Å²) in [7, 11) is 0. The molecule has 0 heterocycles. The number of benzene rings is 1. The Labute approximate surface area is 107 Å². The fourth-order valence-corrected chi connectivity index (χ4v) is 3.09. The number of carbonyl (C=O) groups excluding carboxylic acids is 2. The van der Waals surface area contributed by atoms with E-state index in [-0.39, 0.29) is 17.5 Å². The summed E-state index contributed by atoms with van der Waals surface area (Å²) in [4.78, 5) is 24.3. The van der Waals surface area contributed by atoms with Crippen LogP contribution in [0.25, 0.3) is 5.57 Å². The minimum absolute atomic E-state index is 0.108. The van der Waals surface area contributed by atoms with Crippen molar-refractivity contribution in [2.75, 3.05) is 0 Å². The summed E-state index contributed by atoms with van der Waals surface area (Å²) in [5.41, 5.74) is 2.58. The summed E-state index contributed by atoms with van der Waals surface area (Å²) in [6.45, 7) is 3.83. The van der Waals surface area contributed by atoms with Gasteiger partial charge in [0.05, 0.1) is 11.3 Å². The molecule has 0 N–H and O–H groups in total. The standard InChI is InChI=1S/C16H16O2/c1-10-4-3-5-11(8-10)12-6-7-16(2)14(17)9-13(12)15(16)18/h3-6,8,13H,7,9H2,1-2H3. The molecule has 92 valence electrons. The molecule has 2 atom stereocenters. The number of carbonyl (C=O) groups is 2. The number of allylic oxidation sites excluding steroid dienone is 2. The number of rotatable bonds is 1. The zero-order chi connectivity index (χ0) is 12.9. The van der Waals surface area contributed by atoms with Gasteiger partial charge in [-0.05, 0) is 31.4 Å². The first-order valence-electron chi connectivity index (χ1n) is 6.37. The molecule has 1 aromatic carbocycles. The van der Waals surface area contributed by atoms with Crippen LogP contribution in [0.1, 0.15) is 30.9 Å². The van der Waals surface area contributed by atoms with E-state index in [1.165, 1.54) is 5.56 Å². The number of ketones is 2. The van der Waals surface area contributed by atoms with Gasteiger partial charge in [0.2, 0.25) is 0 Å². The Morgan fingerprint density at radius 2 is 2.06 bits per heavy atom. The van der Waals surface area contributed by atoms with Gasteiger partial charge >= 0.3 is 0 Å². The Kier molecular flexibility index (Phi) is 2.31. The topological polar surface area (TPSA) is 34.1 Å². The van der Waals surface area contributed by atoms with Gasteiger partial charge in [-0.15, -0.1) is 0 Å². The minimum atomic E-state index is -0.738. The lowest BCUT2D eigenvalue weighted by atomic mass is 9.75. The monoisotopic (exact) mass is 240 g/mol. The molecule has 3 rings (SSSR count). The first-order valence-corrected chi connectivity index (χ1v) is 6.37. The third kappa shape index (κ3) is 1.41. The lowest BCUT2D eigenvalue weighted by molar-refractivity contribution is -0.134. The quantitative estimate of drug-likeness (QED) is 0.707. The molecule has 1 saturated carbocycles. The summed E-state index contributed by atoms with van der Waals surface area (Å²) >= 11 is 0. The SMILES string of the molecule is Cc1cccc(C2=CCC3(C)C(=O)CC2C3=O)c1. The van der Waals surface area contributed by atoms with Crippen molar-refractivity contribution < 1.29 is 9.59 Å². The fraction of sp³-hybridized carbons (Fsp3) is 0.375. The summed E-state index contributed by atoms with van der Waals surface area (Å²) in [5.74, 6) is 0.0148. The fourth-order valence-electron chi connectivity index (χ4n) is 3.09. The van der Waals surface area contributed by atoms with Crippen molar-refractivity contribution in [2.24, 2.45) is 11.3 Å². The smallest absolute Gasteiger partial charge is 0.154 e. The number of hydrogen-bond donors (Lipinski definition) is 0. The molecule has 0 aliphatic heterocycles. The molecule has 2 aliphatic rings. The highest BCUT2D eigenvalue weighted by atomic mass is 16.2. The second-order valence-corrected chi connectivity index (χ2v) is 5.61. The van der Waals surface area contributed by atoms with E-state index in [0.29, 0.717) is 12.8 Å². The van der Waals surface area contributed by atoms with Crippen LogP contribution in [-0.4, -0.2) is 11.6 Å². The van der Waals surface area contributed by atoms with E-state index in [4.69, 9.17) is 0 Å². The number of aryl methyl sites for hydroxylation is 1. The Morgan fingerprint density at radius 1 is 1.28 bits per heavy atom. The molecule has 18 heavy (non-hydrogen) atoms. The van der Waals surface area contributed by atoms with Crippen molar-refractivity contribution in [1.29, 1.82) is 0 Å². The molecule has 2 unspecified atom stereocenters. The Hall–Kier alpha value is -1.70. The van der Waals surface area contributed by atoms with E-state index < -0.39 is 5.41 Å². The Bertz CT molecular complexity index is 583. The Morgan fingerprint density at radius 3 is 2.78 bits per heavy atom. The average Bonchev–Trinajstić information content (AvgIpc) is 2.48. The van der Waals surface area contributed by atoms with Crippen molar-refractivity contribution in [3.8, 4) is 0 Å². The van der Waals surface area contributed by atoms with E-state index in [1.54, 1.807) is 6.92 Å². The van der Waals surface area contributed by atoms with Gasteiger partial charge < -0.3 is 0 Å². The van der Waals surface area contributed by atoms with Crippen LogP contribution in [0.3, 0.4) is 0 Å². The normalized spacial score (nSPS) is 30.6. The maximum atomic E-state index is 12.3. The maximum Gasteiger partial charge on any atom is 0.154 e. The lowest BCUT2D eigenvalue weighted by Gasteiger charge is -2.25. The Balaban J connectivity index is 2.07. The van der Waals surface area contributed by atoms with Gasteiger partial charge in [-0.3, -0.25) is 9.59 Å². The van der Waals surface area contributed by atoms with E-state index in [1.807, 2.05) is 25.1 Å². The molecule has 2 heteroatoms. The van der Waals surface area contributed by atoms with Crippen molar-refractivity contribution in [2.45, 2.75) is 26.7 Å². The molecule has 0 radical (unpaired) electrons. The summed E-state index contributed by atoms with van der Waals surface area (Å²) in [6.07, 6.45) is 3.03.